The lowest BCUT2D eigenvalue weighted by molar-refractivity contribution is -0.142. The normalized spacial score (nSPS) is 28.9. The highest BCUT2D eigenvalue weighted by Gasteiger charge is 2.42. The molecule has 0 N–H and O–H groups in total. The van der Waals surface area contributed by atoms with Gasteiger partial charge in [-0.25, -0.2) is 15.0 Å². The first-order chi connectivity index (χ1) is 9.24. The number of halogens is 1. The van der Waals surface area contributed by atoms with Crippen LogP contribution in [0.1, 0.15) is 12.5 Å². The van der Waals surface area contributed by atoms with Crippen molar-refractivity contribution in [1.82, 2.24) is 19.5 Å². The van der Waals surface area contributed by atoms with Gasteiger partial charge in [0.2, 0.25) is 0 Å². The molecule has 4 rings (SSSR count). The average Bonchev–Trinajstić information content (AvgIpc) is 3.03. The molecule has 1 fully saturated rings. The van der Waals surface area contributed by atoms with Crippen LogP contribution in [0.3, 0.4) is 0 Å². The summed E-state index contributed by atoms with van der Waals surface area (Å²) in [7, 11) is 0. The second kappa shape index (κ2) is 3.77. The van der Waals surface area contributed by atoms with Gasteiger partial charge < -0.3 is 9.30 Å². The van der Waals surface area contributed by atoms with Crippen LogP contribution >= 0.6 is 11.6 Å². The molecule has 3 heterocycles. The van der Waals surface area contributed by atoms with Gasteiger partial charge in [-0.15, -0.1) is 0 Å². The number of rotatable bonds is 1. The van der Waals surface area contributed by atoms with Gasteiger partial charge in [0.05, 0.1) is 18.8 Å². The Morgan fingerprint density at radius 3 is 3.11 bits per heavy atom. The zero-order valence-electron chi connectivity index (χ0n) is 9.73. The average molecular weight is 277 g/mol. The van der Waals surface area contributed by atoms with Gasteiger partial charge in [-0.3, -0.25) is 4.79 Å². The Balaban J connectivity index is 1.81. The van der Waals surface area contributed by atoms with E-state index in [0.717, 1.165) is 0 Å². The minimum atomic E-state index is -0.168. The molecule has 1 aliphatic heterocycles. The number of fused-ring (bicyclic) bond motifs is 2. The van der Waals surface area contributed by atoms with Crippen molar-refractivity contribution in [3.63, 3.8) is 0 Å². The maximum atomic E-state index is 11.4. The first-order valence-electron chi connectivity index (χ1n) is 5.95. The molecule has 2 aromatic rings. The summed E-state index contributed by atoms with van der Waals surface area (Å²) in [5.74, 6) is -0.00584. The largest absolute Gasteiger partial charge is 0.459 e. The maximum Gasteiger partial charge on any atom is 0.306 e. The fraction of sp³-hybridized carbons (Fsp3) is 0.333. The van der Waals surface area contributed by atoms with Crippen molar-refractivity contribution in [2.24, 2.45) is 5.92 Å². The van der Waals surface area contributed by atoms with Crippen LogP contribution in [0.2, 0.25) is 5.15 Å². The number of carbonyl (C=O) groups excluding carboxylic acids is 1. The number of esters is 1. The van der Waals surface area contributed by atoms with Crippen LogP contribution in [0.25, 0.3) is 11.2 Å². The third-order valence-corrected chi connectivity index (χ3v) is 3.90. The topological polar surface area (TPSA) is 69.9 Å². The Morgan fingerprint density at radius 2 is 2.21 bits per heavy atom. The van der Waals surface area contributed by atoms with Gasteiger partial charge in [0.1, 0.15) is 17.9 Å². The monoisotopic (exact) mass is 276 g/mol. The van der Waals surface area contributed by atoms with Gasteiger partial charge in [0.15, 0.2) is 10.8 Å². The van der Waals surface area contributed by atoms with E-state index >= 15 is 0 Å². The molecule has 3 atom stereocenters. The highest BCUT2D eigenvalue weighted by molar-refractivity contribution is 6.33. The minimum Gasteiger partial charge on any atom is -0.459 e. The lowest BCUT2D eigenvalue weighted by atomic mass is 10.0. The van der Waals surface area contributed by atoms with E-state index in [1.54, 1.807) is 6.33 Å². The van der Waals surface area contributed by atoms with E-state index in [0.29, 0.717) is 22.7 Å². The molecule has 6 nitrogen and oxygen atoms in total. The number of hydrogen-bond donors (Lipinski definition) is 0. The van der Waals surface area contributed by atoms with Crippen LogP contribution < -0.4 is 0 Å². The molecule has 0 aromatic carbocycles. The van der Waals surface area contributed by atoms with E-state index in [9.17, 15) is 4.79 Å². The molecule has 96 valence electrons. The Morgan fingerprint density at radius 1 is 1.32 bits per heavy atom. The zero-order valence-corrected chi connectivity index (χ0v) is 10.5. The number of aromatic nitrogens is 4. The fourth-order valence-electron chi connectivity index (χ4n) is 2.76. The molecular formula is C12H9ClN4O2. The quantitative estimate of drug-likeness (QED) is 0.449. The third kappa shape index (κ3) is 1.49. The molecule has 0 unspecified atom stereocenters. The van der Waals surface area contributed by atoms with E-state index < -0.39 is 0 Å². The van der Waals surface area contributed by atoms with E-state index in [2.05, 4.69) is 15.0 Å². The number of imidazole rings is 1. The van der Waals surface area contributed by atoms with E-state index in [1.165, 1.54) is 6.33 Å². The zero-order chi connectivity index (χ0) is 13.0. The summed E-state index contributed by atoms with van der Waals surface area (Å²) in [5, 5.41) is 0.325. The van der Waals surface area contributed by atoms with Crippen LogP contribution in [0.15, 0.2) is 24.8 Å². The van der Waals surface area contributed by atoms with Crippen LogP contribution in [0.5, 0.6) is 0 Å². The standard InChI is InChI=1S/C12H9ClN4O2/c13-11-9-12(15-4-14-11)17(5-16-9)7-2-1-6-3-8(18)19-10(6)7/h1-2,4-7,10H,3H2/t6-,7+,10+/m0/s1. The summed E-state index contributed by atoms with van der Waals surface area (Å²) in [4.78, 5) is 23.7. The van der Waals surface area contributed by atoms with Crippen LogP contribution in [0, 0.1) is 5.92 Å². The maximum absolute atomic E-state index is 11.4. The molecule has 0 spiro atoms. The Hall–Kier alpha value is -1.95. The van der Waals surface area contributed by atoms with Crippen molar-refractivity contribution in [3.8, 4) is 0 Å². The molecule has 0 radical (unpaired) electrons. The van der Waals surface area contributed by atoms with Crippen molar-refractivity contribution in [2.75, 3.05) is 0 Å². The Bertz CT molecular complexity index is 711. The Kier molecular flexibility index (Phi) is 2.17. The SMILES string of the molecule is O=C1C[C@@H]2C=C[C@@H](n3cnc4c(Cl)ncnc43)[C@@H]2O1. The highest BCUT2D eigenvalue weighted by Crippen LogP contribution is 2.39. The van der Waals surface area contributed by atoms with E-state index in [4.69, 9.17) is 16.3 Å². The van der Waals surface area contributed by atoms with Crippen LogP contribution in [0.4, 0.5) is 0 Å². The number of ether oxygens (including phenoxy) is 1. The van der Waals surface area contributed by atoms with Crippen molar-refractivity contribution in [2.45, 2.75) is 18.6 Å². The molecule has 1 aliphatic carbocycles. The van der Waals surface area contributed by atoms with E-state index in [1.807, 2.05) is 16.7 Å². The second-order valence-electron chi connectivity index (χ2n) is 4.69. The molecule has 19 heavy (non-hydrogen) atoms. The van der Waals surface area contributed by atoms with Crippen LogP contribution in [-0.4, -0.2) is 31.6 Å². The summed E-state index contributed by atoms with van der Waals surface area (Å²) in [6.45, 7) is 0. The predicted molar refractivity (Wildman–Crippen MR) is 66.5 cm³/mol. The summed E-state index contributed by atoms with van der Waals surface area (Å²) in [5.41, 5.74) is 1.21. The lowest BCUT2D eigenvalue weighted by Gasteiger charge is -2.19. The Labute approximate surface area is 113 Å². The van der Waals surface area contributed by atoms with Gasteiger partial charge >= 0.3 is 5.97 Å². The van der Waals surface area contributed by atoms with Crippen molar-refractivity contribution in [1.29, 1.82) is 0 Å². The van der Waals surface area contributed by atoms with Crippen molar-refractivity contribution in [3.05, 3.63) is 30.0 Å². The van der Waals surface area contributed by atoms with Crippen molar-refractivity contribution < 1.29 is 9.53 Å². The van der Waals surface area contributed by atoms with Crippen molar-refractivity contribution >= 4 is 28.7 Å². The number of hydrogen-bond acceptors (Lipinski definition) is 5. The summed E-state index contributed by atoms with van der Waals surface area (Å²) in [6, 6.07) is -0.0765. The van der Waals surface area contributed by atoms with Gasteiger partial charge in [0, 0.05) is 5.92 Å². The second-order valence-corrected chi connectivity index (χ2v) is 5.04. The third-order valence-electron chi connectivity index (χ3n) is 3.62. The van der Waals surface area contributed by atoms with Crippen LogP contribution in [-0.2, 0) is 9.53 Å². The molecular weight excluding hydrogens is 268 g/mol. The predicted octanol–water partition coefficient (Wildman–Crippen LogP) is 1.52. The smallest absolute Gasteiger partial charge is 0.306 e. The molecule has 2 aromatic heterocycles. The highest BCUT2D eigenvalue weighted by atomic mass is 35.5. The fourth-order valence-corrected chi connectivity index (χ4v) is 2.93. The molecule has 1 saturated heterocycles. The number of nitrogens with zero attached hydrogens (tertiary/aromatic N) is 4. The first-order valence-corrected chi connectivity index (χ1v) is 6.32. The summed E-state index contributed by atoms with van der Waals surface area (Å²) >= 11 is 5.98. The molecule has 7 heteroatoms. The van der Waals surface area contributed by atoms with Gasteiger partial charge in [-0.2, -0.15) is 0 Å². The van der Waals surface area contributed by atoms with Gasteiger partial charge in [-0.05, 0) is 0 Å². The minimum absolute atomic E-state index is 0.0765. The lowest BCUT2D eigenvalue weighted by Crippen LogP contribution is -2.22. The summed E-state index contributed by atoms with van der Waals surface area (Å²) in [6.07, 6.45) is 7.39. The molecule has 2 aliphatic rings. The number of carbonyl (C=O) groups is 1. The summed E-state index contributed by atoms with van der Waals surface area (Å²) < 4.78 is 7.25. The molecule has 0 saturated carbocycles. The van der Waals surface area contributed by atoms with Gasteiger partial charge in [-0.1, -0.05) is 23.8 Å². The molecule has 0 amide bonds. The van der Waals surface area contributed by atoms with Gasteiger partial charge in [0.25, 0.3) is 0 Å². The van der Waals surface area contributed by atoms with E-state index in [-0.39, 0.29) is 24.0 Å². The first kappa shape index (κ1) is 10.9. The molecule has 0 bridgehead atoms.